The van der Waals surface area contributed by atoms with Crippen molar-refractivity contribution in [2.24, 2.45) is 0 Å². The Balaban J connectivity index is 2.01. The van der Waals surface area contributed by atoms with Crippen molar-refractivity contribution >= 4 is 17.0 Å². The highest BCUT2D eigenvalue weighted by atomic mass is 15.3. The normalized spacial score (nSPS) is 11.3. The fourth-order valence-electron chi connectivity index (χ4n) is 2.28. The molecule has 0 saturated carbocycles. The summed E-state index contributed by atoms with van der Waals surface area (Å²) in [5.74, 6) is 0.409. The summed E-state index contributed by atoms with van der Waals surface area (Å²) < 4.78 is 3.98. The number of nitrogen functional groups attached to an aromatic ring is 1. The van der Waals surface area contributed by atoms with Crippen LogP contribution < -0.4 is 5.73 Å². The van der Waals surface area contributed by atoms with Crippen molar-refractivity contribution in [3.05, 3.63) is 30.1 Å². The molecule has 0 atom stereocenters. The van der Waals surface area contributed by atoms with Crippen molar-refractivity contribution in [3.8, 4) is 0 Å². The topological polar surface area (TPSA) is 87.4 Å². The van der Waals surface area contributed by atoms with Crippen LogP contribution in [0.3, 0.4) is 0 Å². The molecule has 0 aliphatic heterocycles. The fraction of sp³-hybridized carbons (Fsp3) is 0.385. The Labute approximate surface area is 116 Å². The lowest BCUT2D eigenvalue weighted by Gasteiger charge is -2.06. The van der Waals surface area contributed by atoms with E-state index in [1.165, 1.54) is 6.33 Å². The Morgan fingerprint density at radius 1 is 1.20 bits per heavy atom. The smallest absolute Gasteiger partial charge is 0.165 e. The van der Waals surface area contributed by atoms with Crippen molar-refractivity contribution in [1.82, 2.24) is 29.3 Å². The van der Waals surface area contributed by atoms with Gasteiger partial charge in [-0.25, -0.2) is 15.0 Å². The number of nitrogens with zero attached hydrogens (tertiary/aromatic N) is 6. The summed E-state index contributed by atoms with van der Waals surface area (Å²) in [6.07, 6.45) is 4.14. The monoisotopic (exact) mass is 271 g/mol. The van der Waals surface area contributed by atoms with Crippen molar-refractivity contribution in [3.63, 3.8) is 0 Å². The molecule has 0 aromatic carbocycles. The molecule has 0 aliphatic rings. The molecule has 0 saturated heterocycles. The van der Waals surface area contributed by atoms with Crippen molar-refractivity contribution in [1.29, 1.82) is 0 Å². The number of nitrogens with two attached hydrogens (primary N) is 1. The molecule has 3 aromatic rings. The van der Waals surface area contributed by atoms with E-state index in [2.05, 4.69) is 40.0 Å². The lowest BCUT2D eigenvalue weighted by Crippen LogP contribution is -2.08. The molecule has 0 radical (unpaired) electrons. The zero-order valence-corrected chi connectivity index (χ0v) is 11.6. The van der Waals surface area contributed by atoms with Gasteiger partial charge in [-0.15, -0.1) is 0 Å². The number of fused-ring (bicyclic) bond motifs is 1. The predicted molar refractivity (Wildman–Crippen MR) is 76.1 cm³/mol. The number of hydrogen-bond acceptors (Lipinski definition) is 5. The van der Waals surface area contributed by atoms with Crippen LogP contribution in [-0.4, -0.2) is 29.3 Å². The van der Waals surface area contributed by atoms with Crippen LogP contribution in [0.25, 0.3) is 11.2 Å². The quantitative estimate of drug-likeness (QED) is 0.771. The third-order valence-electron chi connectivity index (χ3n) is 3.34. The first-order chi connectivity index (χ1) is 9.72. The Hall–Kier alpha value is -2.44. The van der Waals surface area contributed by atoms with Gasteiger partial charge in [-0.05, 0) is 19.4 Å². The first-order valence-electron chi connectivity index (χ1n) is 6.69. The number of aryl methyl sites for hydroxylation is 2. The van der Waals surface area contributed by atoms with Gasteiger partial charge < -0.3 is 10.3 Å². The fourth-order valence-corrected chi connectivity index (χ4v) is 2.28. The molecule has 104 valence electrons. The van der Waals surface area contributed by atoms with Gasteiger partial charge in [0.2, 0.25) is 0 Å². The summed E-state index contributed by atoms with van der Waals surface area (Å²) in [7, 11) is 0. The van der Waals surface area contributed by atoms with Gasteiger partial charge in [0.15, 0.2) is 11.5 Å². The maximum Gasteiger partial charge on any atom is 0.165 e. The highest BCUT2D eigenvalue weighted by Crippen LogP contribution is 2.16. The Bertz CT molecular complexity index is 740. The third-order valence-corrected chi connectivity index (χ3v) is 3.34. The molecule has 0 fully saturated rings. The minimum Gasteiger partial charge on any atom is -0.382 e. The number of rotatable bonds is 4. The van der Waals surface area contributed by atoms with Crippen LogP contribution in [0.5, 0.6) is 0 Å². The maximum atomic E-state index is 5.80. The largest absolute Gasteiger partial charge is 0.382 e. The van der Waals surface area contributed by atoms with E-state index in [-0.39, 0.29) is 0 Å². The van der Waals surface area contributed by atoms with E-state index in [1.807, 2.05) is 9.25 Å². The third kappa shape index (κ3) is 2.01. The summed E-state index contributed by atoms with van der Waals surface area (Å²) in [6, 6.07) is 2.12. The second-order valence-corrected chi connectivity index (χ2v) is 4.60. The molecule has 3 heterocycles. The molecule has 0 bridgehead atoms. The summed E-state index contributed by atoms with van der Waals surface area (Å²) in [4.78, 5) is 12.5. The number of hydrogen-bond donors (Lipinski definition) is 1. The SMILES string of the molecule is CCc1cc(Cn2cnc3c(N)ncnc32)n(CC)n1. The zero-order valence-electron chi connectivity index (χ0n) is 11.6. The molecule has 3 aromatic heterocycles. The lowest BCUT2D eigenvalue weighted by atomic mass is 10.3. The van der Waals surface area contributed by atoms with Crippen LogP contribution in [0.1, 0.15) is 25.2 Å². The number of aromatic nitrogens is 6. The Morgan fingerprint density at radius 3 is 2.80 bits per heavy atom. The van der Waals surface area contributed by atoms with Crippen LogP contribution >= 0.6 is 0 Å². The molecule has 0 amide bonds. The average molecular weight is 271 g/mol. The van der Waals surface area contributed by atoms with E-state index >= 15 is 0 Å². The molecule has 3 rings (SSSR count). The van der Waals surface area contributed by atoms with E-state index in [1.54, 1.807) is 6.33 Å². The van der Waals surface area contributed by atoms with Gasteiger partial charge in [0.1, 0.15) is 11.8 Å². The van der Waals surface area contributed by atoms with Gasteiger partial charge in [-0.3, -0.25) is 4.68 Å². The molecule has 7 nitrogen and oxygen atoms in total. The van der Waals surface area contributed by atoms with Crippen LogP contribution in [0, 0.1) is 0 Å². The molecule has 0 aliphatic carbocycles. The standard InChI is InChI=1S/C13H17N7/c1-3-9-5-10(20(4-2)18-9)6-19-8-17-11-12(14)15-7-16-13(11)19/h5,7-8H,3-4,6H2,1-2H3,(H2,14,15,16). The van der Waals surface area contributed by atoms with Gasteiger partial charge >= 0.3 is 0 Å². The first kappa shape index (κ1) is 12.6. The van der Waals surface area contributed by atoms with Gasteiger partial charge in [-0.2, -0.15) is 5.10 Å². The molecule has 20 heavy (non-hydrogen) atoms. The second kappa shape index (κ2) is 4.92. The van der Waals surface area contributed by atoms with Crippen molar-refractivity contribution < 1.29 is 0 Å². The maximum absolute atomic E-state index is 5.80. The van der Waals surface area contributed by atoms with Gasteiger partial charge in [0.25, 0.3) is 0 Å². The predicted octanol–water partition coefficient (Wildman–Crippen LogP) is 1.24. The highest BCUT2D eigenvalue weighted by molar-refractivity contribution is 5.81. The summed E-state index contributed by atoms with van der Waals surface area (Å²) >= 11 is 0. The second-order valence-electron chi connectivity index (χ2n) is 4.60. The first-order valence-corrected chi connectivity index (χ1v) is 6.69. The van der Waals surface area contributed by atoms with E-state index in [4.69, 9.17) is 5.73 Å². The Morgan fingerprint density at radius 2 is 2.05 bits per heavy atom. The van der Waals surface area contributed by atoms with Gasteiger partial charge in [-0.1, -0.05) is 6.92 Å². The summed E-state index contributed by atoms with van der Waals surface area (Å²) in [6.45, 7) is 5.71. The molecule has 0 unspecified atom stereocenters. The van der Waals surface area contributed by atoms with Crippen molar-refractivity contribution in [2.45, 2.75) is 33.4 Å². The highest BCUT2D eigenvalue weighted by Gasteiger charge is 2.11. The molecule has 0 spiro atoms. The van der Waals surface area contributed by atoms with Crippen LogP contribution in [0.4, 0.5) is 5.82 Å². The van der Waals surface area contributed by atoms with E-state index in [0.717, 1.165) is 30.0 Å². The van der Waals surface area contributed by atoms with Gasteiger partial charge in [0.05, 0.1) is 24.3 Å². The molecule has 2 N–H and O–H groups in total. The zero-order chi connectivity index (χ0) is 14.1. The van der Waals surface area contributed by atoms with Gasteiger partial charge in [0, 0.05) is 6.54 Å². The number of imidazole rings is 1. The number of anilines is 1. The molecule has 7 heteroatoms. The van der Waals surface area contributed by atoms with Crippen LogP contribution in [-0.2, 0) is 19.5 Å². The van der Waals surface area contributed by atoms with E-state index in [9.17, 15) is 0 Å². The van der Waals surface area contributed by atoms with Crippen molar-refractivity contribution in [2.75, 3.05) is 5.73 Å². The Kier molecular flexibility index (Phi) is 3.09. The van der Waals surface area contributed by atoms with E-state index < -0.39 is 0 Å². The van der Waals surface area contributed by atoms with Crippen LogP contribution in [0.15, 0.2) is 18.7 Å². The minimum absolute atomic E-state index is 0.409. The molecular weight excluding hydrogens is 254 g/mol. The molecular formula is C13H17N7. The minimum atomic E-state index is 0.409. The lowest BCUT2D eigenvalue weighted by molar-refractivity contribution is 0.597. The summed E-state index contributed by atoms with van der Waals surface area (Å²) in [5, 5.41) is 4.55. The summed E-state index contributed by atoms with van der Waals surface area (Å²) in [5.41, 5.74) is 9.43. The van der Waals surface area contributed by atoms with Crippen LogP contribution in [0.2, 0.25) is 0 Å². The average Bonchev–Trinajstić information content (AvgIpc) is 3.04. The van der Waals surface area contributed by atoms with E-state index in [0.29, 0.717) is 17.9 Å².